The Labute approximate surface area is 203 Å². The molecule has 34 heavy (non-hydrogen) atoms. The summed E-state index contributed by atoms with van der Waals surface area (Å²) in [4.78, 5) is 30.5. The molecule has 3 aromatic rings. The van der Waals surface area contributed by atoms with Crippen LogP contribution in [-0.4, -0.2) is 48.9 Å². The molecule has 2 atom stereocenters. The Balaban J connectivity index is 1.38. The van der Waals surface area contributed by atoms with Gasteiger partial charge in [-0.1, -0.05) is 48.5 Å². The molecular weight excluding hydrogens is 451 g/mol. The molecule has 2 amide bonds. The van der Waals surface area contributed by atoms with Gasteiger partial charge in [0.25, 0.3) is 0 Å². The lowest BCUT2D eigenvalue weighted by Crippen LogP contribution is -2.53. The molecule has 0 unspecified atom stereocenters. The normalized spacial score (nSPS) is 16.0. The first-order valence-electron chi connectivity index (χ1n) is 11.4. The second-order valence-corrected chi connectivity index (χ2v) is 9.34. The zero-order chi connectivity index (χ0) is 23.9. The molecule has 1 aliphatic rings. The summed E-state index contributed by atoms with van der Waals surface area (Å²) in [6, 6.07) is 20.0. The lowest BCUT2D eigenvalue weighted by molar-refractivity contribution is -0.140. The molecule has 0 bridgehead atoms. The highest BCUT2D eigenvalue weighted by atomic mass is 32.1. The SMILES string of the molecule is C[C@H](NC(=O)C(=O)NCc1ccccc1)[C@H](c1cccs1)N1CCN(c2ccccc2F)CC1. The number of hydrogen-bond donors (Lipinski definition) is 2. The molecule has 2 heterocycles. The van der Waals surface area contributed by atoms with Crippen molar-refractivity contribution in [2.24, 2.45) is 0 Å². The Morgan fingerprint density at radius 3 is 2.32 bits per heavy atom. The van der Waals surface area contributed by atoms with Crippen molar-refractivity contribution in [2.45, 2.75) is 25.6 Å². The van der Waals surface area contributed by atoms with E-state index in [2.05, 4.69) is 26.5 Å². The minimum atomic E-state index is -0.648. The van der Waals surface area contributed by atoms with Crippen LogP contribution in [0.5, 0.6) is 0 Å². The molecule has 0 saturated carbocycles. The van der Waals surface area contributed by atoms with Gasteiger partial charge in [0.05, 0.1) is 11.7 Å². The minimum absolute atomic E-state index is 0.0753. The van der Waals surface area contributed by atoms with Gasteiger partial charge < -0.3 is 15.5 Å². The summed E-state index contributed by atoms with van der Waals surface area (Å²) in [6.45, 7) is 5.03. The average Bonchev–Trinajstić information content (AvgIpc) is 3.38. The number of halogens is 1. The van der Waals surface area contributed by atoms with E-state index in [9.17, 15) is 14.0 Å². The summed E-state index contributed by atoms with van der Waals surface area (Å²) in [5.74, 6) is -1.51. The van der Waals surface area contributed by atoms with Gasteiger partial charge in [0.15, 0.2) is 0 Å². The highest BCUT2D eigenvalue weighted by Crippen LogP contribution is 2.30. The number of anilines is 1. The van der Waals surface area contributed by atoms with Crippen molar-refractivity contribution < 1.29 is 14.0 Å². The molecule has 0 radical (unpaired) electrons. The second-order valence-electron chi connectivity index (χ2n) is 8.37. The zero-order valence-electron chi connectivity index (χ0n) is 19.1. The Morgan fingerprint density at radius 1 is 0.941 bits per heavy atom. The number of nitrogens with one attached hydrogen (secondary N) is 2. The van der Waals surface area contributed by atoms with E-state index < -0.39 is 11.8 Å². The number of benzene rings is 2. The van der Waals surface area contributed by atoms with Crippen molar-refractivity contribution in [2.75, 3.05) is 31.1 Å². The predicted molar refractivity (Wildman–Crippen MR) is 133 cm³/mol. The van der Waals surface area contributed by atoms with Crippen molar-refractivity contribution in [1.82, 2.24) is 15.5 Å². The van der Waals surface area contributed by atoms with Crippen molar-refractivity contribution in [1.29, 1.82) is 0 Å². The molecule has 1 fully saturated rings. The first-order chi connectivity index (χ1) is 16.5. The van der Waals surface area contributed by atoms with Gasteiger partial charge in [-0.15, -0.1) is 11.3 Å². The van der Waals surface area contributed by atoms with Crippen molar-refractivity contribution in [3.05, 3.63) is 88.4 Å². The molecule has 4 rings (SSSR count). The minimum Gasteiger partial charge on any atom is -0.367 e. The molecule has 6 nitrogen and oxygen atoms in total. The molecule has 0 spiro atoms. The van der Waals surface area contributed by atoms with E-state index in [1.54, 1.807) is 23.5 Å². The van der Waals surface area contributed by atoms with Gasteiger partial charge in [-0.2, -0.15) is 0 Å². The van der Waals surface area contributed by atoms with E-state index in [0.717, 1.165) is 23.5 Å². The number of thiophene rings is 1. The molecular formula is C26H29FN4O2S. The fourth-order valence-corrected chi connectivity index (χ4v) is 5.33. The Bertz CT molecular complexity index is 1090. The Kier molecular flexibility index (Phi) is 7.92. The van der Waals surface area contributed by atoms with Gasteiger partial charge in [-0.05, 0) is 36.1 Å². The fraction of sp³-hybridized carbons (Fsp3) is 0.308. The summed E-state index contributed by atoms with van der Waals surface area (Å²) in [7, 11) is 0. The smallest absolute Gasteiger partial charge is 0.309 e. The first kappa shape index (κ1) is 23.9. The highest BCUT2D eigenvalue weighted by Gasteiger charge is 2.32. The molecule has 1 saturated heterocycles. The lowest BCUT2D eigenvalue weighted by atomic mass is 10.0. The third-order valence-electron chi connectivity index (χ3n) is 6.07. The largest absolute Gasteiger partial charge is 0.367 e. The summed E-state index contributed by atoms with van der Waals surface area (Å²) in [5, 5.41) is 7.59. The van der Waals surface area contributed by atoms with Crippen LogP contribution in [0.3, 0.4) is 0 Å². The van der Waals surface area contributed by atoms with E-state index >= 15 is 0 Å². The molecule has 1 aliphatic heterocycles. The fourth-order valence-electron chi connectivity index (χ4n) is 4.36. The summed E-state index contributed by atoms with van der Waals surface area (Å²) in [6.07, 6.45) is 0. The Hall–Kier alpha value is -3.23. The number of nitrogens with zero attached hydrogens (tertiary/aromatic N) is 2. The van der Waals surface area contributed by atoms with Gasteiger partial charge in [-0.25, -0.2) is 4.39 Å². The van der Waals surface area contributed by atoms with Crippen LogP contribution in [0.15, 0.2) is 72.1 Å². The van der Waals surface area contributed by atoms with E-state index in [1.165, 1.54) is 6.07 Å². The monoisotopic (exact) mass is 480 g/mol. The van der Waals surface area contributed by atoms with Crippen LogP contribution >= 0.6 is 11.3 Å². The van der Waals surface area contributed by atoms with Crippen LogP contribution in [-0.2, 0) is 16.1 Å². The van der Waals surface area contributed by atoms with E-state index in [4.69, 9.17) is 0 Å². The summed E-state index contributed by atoms with van der Waals surface area (Å²) < 4.78 is 14.2. The molecule has 2 aromatic carbocycles. The van der Waals surface area contributed by atoms with Crippen molar-refractivity contribution in [3.63, 3.8) is 0 Å². The molecule has 0 aliphatic carbocycles. The molecule has 178 valence electrons. The van der Waals surface area contributed by atoms with Crippen LogP contribution in [0.1, 0.15) is 23.4 Å². The van der Waals surface area contributed by atoms with Gasteiger partial charge in [0.1, 0.15) is 5.82 Å². The maximum Gasteiger partial charge on any atom is 0.309 e. The van der Waals surface area contributed by atoms with Gasteiger partial charge in [0, 0.05) is 43.6 Å². The third-order valence-corrected chi connectivity index (χ3v) is 7.01. The van der Waals surface area contributed by atoms with Crippen LogP contribution in [0, 0.1) is 5.82 Å². The maximum atomic E-state index is 14.2. The standard InChI is InChI=1S/C26H29FN4O2S/c1-19(29-26(33)25(32)28-18-20-8-3-2-4-9-20)24(23-12-7-17-34-23)31-15-13-30(14-16-31)22-11-6-5-10-21(22)27/h2-12,17,19,24H,13-16,18H2,1H3,(H,28,32)(H,29,33)/t19-,24+/m0/s1. The second kappa shape index (κ2) is 11.3. The molecule has 8 heteroatoms. The quantitative estimate of drug-likeness (QED) is 0.508. The maximum absolute atomic E-state index is 14.2. The molecule has 1 aromatic heterocycles. The third kappa shape index (κ3) is 5.81. The number of carbonyl (C=O) groups excluding carboxylic acids is 2. The summed E-state index contributed by atoms with van der Waals surface area (Å²) in [5.41, 5.74) is 1.55. The number of hydrogen-bond acceptors (Lipinski definition) is 5. The number of piperazine rings is 1. The Morgan fingerprint density at radius 2 is 1.65 bits per heavy atom. The first-order valence-corrected chi connectivity index (χ1v) is 12.3. The van der Waals surface area contributed by atoms with Crippen molar-refractivity contribution in [3.8, 4) is 0 Å². The van der Waals surface area contributed by atoms with E-state index in [0.29, 0.717) is 25.3 Å². The number of carbonyl (C=O) groups is 2. The van der Waals surface area contributed by atoms with Crippen LogP contribution in [0.25, 0.3) is 0 Å². The lowest BCUT2D eigenvalue weighted by Gasteiger charge is -2.42. The number of rotatable bonds is 7. The number of para-hydroxylation sites is 1. The van der Waals surface area contributed by atoms with Gasteiger partial charge >= 0.3 is 11.8 Å². The van der Waals surface area contributed by atoms with Crippen LogP contribution in [0.2, 0.25) is 0 Å². The van der Waals surface area contributed by atoms with E-state index in [-0.39, 0.29) is 17.9 Å². The van der Waals surface area contributed by atoms with Crippen LogP contribution in [0.4, 0.5) is 10.1 Å². The predicted octanol–water partition coefficient (Wildman–Crippen LogP) is 3.57. The highest BCUT2D eigenvalue weighted by molar-refractivity contribution is 7.10. The van der Waals surface area contributed by atoms with E-state index in [1.807, 2.05) is 54.8 Å². The zero-order valence-corrected chi connectivity index (χ0v) is 19.9. The summed E-state index contributed by atoms with van der Waals surface area (Å²) >= 11 is 1.63. The number of amides is 2. The average molecular weight is 481 g/mol. The van der Waals surface area contributed by atoms with Crippen molar-refractivity contribution >= 4 is 28.8 Å². The van der Waals surface area contributed by atoms with Gasteiger partial charge in [0.2, 0.25) is 0 Å². The molecule has 2 N–H and O–H groups in total. The topological polar surface area (TPSA) is 64.7 Å². The van der Waals surface area contributed by atoms with Gasteiger partial charge in [-0.3, -0.25) is 14.5 Å². The van der Waals surface area contributed by atoms with Crippen LogP contribution < -0.4 is 15.5 Å².